The number of aryl methyl sites for hydroxylation is 1. The van der Waals surface area contributed by atoms with Crippen LogP contribution in [0.3, 0.4) is 0 Å². The Morgan fingerprint density at radius 2 is 1.62 bits per heavy atom. The lowest BCUT2D eigenvalue weighted by atomic mass is 9.78. The zero-order chi connectivity index (χ0) is 17.2. The number of Topliss-reactive ketones (excluding diaryl/α,β-unsaturated/α-hetero) is 1. The van der Waals surface area contributed by atoms with Crippen LogP contribution in [-0.2, 0) is 6.42 Å². The highest BCUT2D eigenvalue weighted by atomic mass is 35.5. The van der Waals surface area contributed by atoms with E-state index in [-0.39, 0.29) is 5.78 Å². The third-order valence-corrected chi connectivity index (χ3v) is 5.81. The molecule has 1 aliphatic rings. The molecule has 0 atom stereocenters. The molecule has 1 aromatic rings. The number of halogens is 1. The summed E-state index contributed by atoms with van der Waals surface area (Å²) in [6.45, 7) is 2.29. The molecule has 0 aromatic heterocycles. The van der Waals surface area contributed by atoms with Gasteiger partial charge in [-0.15, -0.1) is 11.6 Å². The van der Waals surface area contributed by atoms with Crippen molar-refractivity contribution in [3.63, 3.8) is 0 Å². The maximum atomic E-state index is 11.8. The van der Waals surface area contributed by atoms with Gasteiger partial charge in [0.05, 0.1) is 0 Å². The van der Waals surface area contributed by atoms with E-state index in [2.05, 4.69) is 19.1 Å². The lowest BCUT2D eigenvalue weighted by molar-refractivity contribution is 0.0989. The fraction of sp³-hybridized carbons (Fsp3) is 0.682. The normalized spacial score (nSPS) is 20.9. The van der Waals surface area contributed by atoms with Crippen LogP contribution in [0.15, 0.2) is 24.3 Å². The van der Waals surface area contributed by atoms with Crippen molar-refractivity contribution in [2.75, 3.05) is 5.88 Å². The van der Waals surface area contributed by atoms with Gasteiger partial charge in [-0.1, -0.05) is 82.6 Å². The summed E-state index contributed by atoms with van der Waals surface area (Å²) in [6.07, 6.45) is 14.2. The molecule has 0 unspecified atom stereocenters. The van der Waals surface area contributed by atoms with Gasteiger partial charge in [-0.25, -0.2) is 0 Å². The first kappa shape index (κ1) is 19.5. The first-order valence-corrected chi connectivity index (χ1v) is 10.4. The highest BCUT2D eigenvalue weighted by Crippen LogP contribution is 2.34. The number of rotatable bonds is 10. The van der Waals surface area contributed by atoms with E-state index in [9.17, 15) is 4.79 Å². The Hall–Kier alpha value is -0.820. The summed E-state index contributed by atoms with van der Waals surface area (Å²) in [5, 5.41) is 0. The molecule has 24 heavy (non-hydrogen) atoms. The predicted octanol–water partition coefficient (Wildman–Crippen LogP) is 6.82. The van der Waals surface area contributed by atoms with Gasteiger partial charge in [0, 0.05) is 17.9 Å². The van der Waals surface area contributed by atoms with Crippen LogP contribution >= 0.6 is 11.6 Å². The summed E-state index contributed by atoms with van der Waals surface area (Å²) in [5.74, 6) is 2.46. The van der Waals surface area contributed by atoms with E-state index in [0.29, 0.717) is 12.3 Å². The van der Waals surface area contributed by atoms with Crippen molar-refractivity contribution in [3.05, 3.63) is 35.4 Å². The van der Waals surface area contributed by atoms with Crippen molar-refractivity contribution in [3.8, 4) is 0 Å². The fourth-order valence-electron chi connectivity index (χ4n) is 3.95. The minimum absolute atomic E-state index is 0.151. The lowest BCUT2D eigenvalue weighted by Crippen LogP contribution is -2.15. The van der Waals surface area contributed by atoms with E-state index in [4.69, 9.17) is 11.6 Å². The first-order valence-electron chi connectivity index (χ1n) is 9.91. The van der Waals surface area contributed by atoms with Gasteiger partial charge in [0.2, 0.25) is 0 Å². The summed E-state index contributed by atoms with van der Waals surface area (Å²) >= 11 is 5.64. The van der Waals surface area contributed by atoms with Gasteiger partial charge in [0.1, 0.15) is 0 Å². The maximum Gasteiger partial charge on any atom is 0.164 e. The van der Waals surface area contributed by atoms with E-state index < -0.39 is 0 Å². The second-order valence-corrected chi connectivity index (χ2v) is 7.86. The van der Waals surface area contributed by atoms with Gasteiger partial charge < -0.3 is 0 Å². The molecule has 2 rings (SSSR count). The molecule has 1 aromatic carbocycles. The van der Waals surface area contributed by atoms with Crippen molar-refractivity contribution >= 4 is 17.4 Å². The highest BCUT2D eigenvalue weighted by Gasteiger charge is 2.20. The number of hydrogen-bond acceptors (Lipinski definition) is 1. The molecule has 1 fully saturated rings. The second-order valence-electron chi connectivity index (χ2n) is 7.48. The van der Waals surface area contributed by atoms with Crippen LogP contribution in [0.4, 0.5) is 0 Å². The Kier molecular flexibility index (Phi) is 8.88. The predicted molar refractivity (Wildman–Crippen MR) is 104 cm³/mol. The molecular weight excluding hydrogens is 316 g/mol. The minimum atomic E-state index is 0.151. The third-order valence-electron chi connectivity index (χ3n) is 5.62. The van der Waals surface area contributed by atoms with Crippen LogP contribution in [0.5, 0.6) is 0 Å². The topological polar surface area (TPSA) is 17.1 Å². The van der Waals surface area contributed by atoms with E-state index in [1.807, 2.05) is 12.1 Å². The largest absolute Gasteiger partial charge is 0.294 e. The Morgan fingerprint density at radius 3 is 2.21 bits per heavy atom. The molecule has 0 radical (unpaired) electrons. The summed E-state index contributed by atoms with van der Waals surface area (Å²) in [5.41, 5.74) is 2.16. The number of unbranched alkanes of at least 4 members (excludes halogenated alkanes) is 2. The Morgan fingerprint density at radius 1 is 1.00 bits per heavy atom. The van der Waals surface area contributed by atoms with Crippen molar-refractivity contribution in [2.24, 2.45) is 11.8 Å². The lowest BCUT2D eigenvalue weighted by Gasteiger charge is -2.28. The maximum absolute atomic E-state index is 11.8. The molecule has 0 saturated heterocycles. The number of hydrogen-bond donors (Lipinski definition) is 0. The van der Waals surface area contributed by atoms with Crippen LogP contribution < -0.4 is 0 Å². The molecule has 1 nitrogen and oxygen atoms in total. The number of carbonyl (C=O) groups excluding carboxylic acids is 1. The van der Waals surface area contributed by atoms with Gasteiger partial charge in [-0.3, -0.25) is 4.79 Å². The summed E-state index contributed by atoms with van der Waals surface area (Å²) in [6, 6.07) is 8.18. The number of benzene rings is 1. The molecule has 0 heterocycles. The average Bonchev–Trinajstić information content (AvgIpc) is 2.62. The van der Waals surface area contributed by atoms with Crippen molar-refractivity contribution in [1.29, 1.82) is 0 Å². The number of carbonyl (C=O) groups is 1. The number of ketones is 1. The monoisotopic (exact) mass is 348 g/mol. The van der Waals surface area contributed by atoms with Gasteiger partial charge in [-0.05, 0) is 30.2 Å². The van der Waals surface area contributed by atoms with Crippen molar-refractivity contribution < 1.29 is 4.79 Å². The minimum Gasteiger partial charge on any atom is -0.294 e. The second kappa shape index (κ2) is 10.9. The van der Waals surface area contributed by atoms with Crippen LogP contribution in [0.2, 0.25) is 0 Å². The van der Waals surface area contributed by atoms with Crippen molar-refractivity contribution in [2.45, 2.75) is 77.6 Å². The SMILES string of the molecule is CCCCC[C@H]1CC[C@H](CCc2ccc(C(=O)CCCl)cc2)CC1. The molecule has 0 N–H and O–H groups in total. The molecular formula is C22H33ClO. The first-order chi connectivity index (χ1) is 11.7. The molecule has 134 valence electrons. The van der Waals surface area contributed by atoms with Crippen LogP contribution in [0.25, 0.3) is 0 Å². The van der Waals surface area contributed by atoms with Crippen LogP contribution in [-0.4, -0.2) is 11.7 Å². The Balaban J connectivity index is 1.68. The molecule has 0 spiro atoms. The van der Waals surface area contributed by atoms with Crippen molar-refractivity contribution in [1.82, 2.24) is 0 Å². The smallest absolute Gasteiger partial charge is 0.164 e. The summed E-state index contributed by atoms with van der Waals surface area (Å²) in [7, 11) is 0. The van der Waals surface area contributed by atoms with Crippen LogP contribution in [0, 0.1) is 11.8 Å². The highest BCUT2D eigenvalue weighted by molar-refractivity contribution is 6.19. The molecule has 0 bridgehead atoms. The molecule has 1 aliphatic carbocycles. The Labute approximate surface area is 153 Å². The van der Waals surface area contributed by atoms with E-state index in [1.54, 1.807) is 0 Å². The van der Waals surface area contributed by atoms with Crippen LogP contribution in [0.1, 0.15) is 87.1 Å². The summed E-state index contributed by atoms with van der Waals surface area (Å²) in [4.78, 5) is 11.8. The quantitative estimate of drug-likeness (QED) is 0.257. The zero-order valence-corrected chi connectivity index (χ0v) is 16.0. The molecule has 0 amide bonds. The zero-order valence-electron chi connectivity index (χ0n) is 15.2. The summed E-state index contributed by atoms with van der Waals surface area (Å²) < 4.78 is 0. The standard InChI is InChI=1S/C22H33ClO/c1-2-3-4-5-18-6-8-19(9-7-18)10-11-20-12-14-21(15-13-20)22(24)16-17-23/h12-15,18-19H,2-11,16-17H2,1H3/t18-,19-. The van der Waals surface area contributed by atoms with E-state index in [1.165, 1.54) is 63.4 Å². The van der Waals surface area contributed by atoms with E-state index >= 15 is 0 Å². The van der Waals surface area contributed by atoms with Gasteiger partial charge in [0.25, 0.3) is 0 Å². The molecule has 0 aliphatic heterocycles. The van der Waals surface area contributed by atoms with Gasteiger partial charge in [-0.2, -0.15) is 0 Å². The fourth-order valence-corrected chi connectivity index (χ4v) is 4.12. The number of alkyl halides is 1. The molecule has 2 heteroatoms. The van der Waals surface area contributed by atoms with Gasteiger partial charge in [0.15, 0.2) is 5.78 Å². The third kappa shape index (κ3) is 6.59. The van der Waals surface area contributed by atoms with Gasteiger partial charge >= 0.3 is 0 Å². The Bertz CT molecular complexity index is 471. The average molecular weight is 349 g/mol. The van der Waals surface area contributed by atoms with E-state index in [0.717, 1.165) is 23.8 Å². The molecule has 1 saturated carbocycles.